The molecule has 1 fully saturated rings. The predicted octanol–water partition coefficient (Wildman–Crippen LogP) is 5.01. The Morgan fingerprint density at radius 1 is 0.889 bits per heavy atom. The van der Waals surface area contributed by atoms with E-state index < -0.39 is 0 Å². The molecule has 18 heavy (non-hydrogen) atoms. The minimum absolute atomic E-state index is 0.0367. The summed E-state index contributed by atoms with van der Waals surface area (Å²) in [5, 5.41) is 12.5. The molecule has 1 aliphatic carbocycles. The van der Waals surface area contributed by atoms with Crippen LogP contribution in [0.25, 0.3) is 0 Å². The van der Waals surface area contributed by atoms with Crippen molar-refractivity contribution in [2.45, 2.75) is 90.0 Å². The average Bonchev–Trinajstić information content (AvgIpc) is 2.39. The first-order valence-electron chi connectivity index (χ1n) is 8.23. The second-order valence-electron chi connectivity index (χ2n) is 6.31. The molecule has 2 heteroatoms. The molecule has 0 heterocycles. The van der Waals surface area contributed by atoms with Crippen molar-refractivity contribution in [3.63, 3.8) is 0 Å². The Morgan fingerprint density at radius 2 is 1.44 bits per heavy atom. The number of hydroxylamine groups is 3. The fraction of sp³-hybridized carbons (Fsp3) is 1.00. The summed E-state index contributed by atoms with van der Waals surface area (Å²) in [6.07, 6.45) is 15.4. The van der Waals surface area contributed by atoms with Gasteiger partial charge in [-0.05, 0) is 38.5 Å². The first kappa shape index (κ1) is 16.0. The number of hydrogen-bond donors (Lipinski definition) is 0. The van der Waals surface area contributed by atoms with Crippen LogP contribution in [0.4, 0.5) is 0 Å². The largest absolute Gasteiger partial charge is 0.633 e. The molecule has 0 aliphatic heterocycles. The average molecular weight is 255 g/mol. The van der Waals surface area contributed by atoms with Gasteiger partial charge in [-0.2, -0.15) is 0 Å². The summed E-state index contributed by atoms with van der Waals surface area (Å²) in [4.78, 5) is 0. The van der Waals surface area contributed by atoms with Gasteiger partial charge in [-0.3, -0.25) is 0 Å². The third-order valence-electron chi connectivity index (χ3n) is 4.55. The van der Waals surface area contributed by atoms with Gasteiger partial charge in [0.1, 0.15) is 0 Å². The second kappa shape index (κ2) is 8.92. The zero-order chi connectivity index (χ0) is 13.3. The summed E-state index contributed by atoms with van der Waals surface area (Å²) >= 11 is 0. The van der Waals surface area contributed by atoms with Crippen molar-refractivity contribution < 1.29 is 4.65 Å². The maximum atomic E-state index is 12.5. The van der Waals surface area contributed by atoms with Crippen molar-refractivity contribution in [3.05, 3.63) is 5.21 Å². The van der Waals surface area contributed by atoms with Crippen molar-refractivity contribution in [1.29, 1.82) is 0 Å². The Kier molecular flexibility index (Phi) is 7.92. The van der Waals surface area contributed by atoms with Gasteiger partial charge in [0.05, 0.1) is 19.6 Å². The SMILES string of the molecule is CCCCCCCCC[N+](C)([O-])C1CCCCC1. The first-order valence-corrected chi connectivity index (χ1v) is 8.23. The lowest BCUT2D eigenvalue weighted by atomic mass is 9.94. The summed E-state index contributed by atoms with van der Waals surface area (Å²) in [5.74, 6) is 0. The summed E-state index contributed by atoms with van der Waals surface area (Å²) < 4.78 is 0.0367. The molecular formula is C16H33NO. The van der Waals surface area contributed by atoms with Crippen molar-refractivity contribution in [1.82, 2.24) is 0 Å². The quantitative estimate of drug-likeness (QED) is 0.322. The monoisotopic (exact) mass is 255 g/mol. The number of unbranched alkanes of at least 4 members (excludes halogenated alkanes) is 6. The van der Waals surface area contributed by atoms with Crippen LogP contribution in [0.15, 0.2) is 0 Å². The molecule has 1 atom stereocenters. The van der Waals surface area contributed by atoms with Crippen LogP contribution in [0.3, 0.4) is 0 Å². The van der Waals surface area contributed by atoms with Crippen molar-refractivity contribution in [3.8, 4) is 0 Å². The summed E-state index contributed by atoms with van der Waals surface area (Å²) in [6, 6.07) is 0.402. The molecule has 108 valence electrons. The van der Waals surface area contributed by atoms with Crippen LogP contribution >= 0.6 is 0 Å². The van der Waals surface area contributed by atoms with Gasteiger partial charge in [0.2, 0.25) is 0 Å². The number of rotatable bonds is 9. The number of hydrogen-bond acceptors (Lipinski definition) is 1. The zero-order valence-electron chi connectivity index (χ0n) is 12.6. The van der Waals surface area contributed by atoms with Crippen LogP contribution in [0.1, 0.15) is 84.0 Å². The Morgan fingerprint density at radius 3 is 2.06 bits per heavy atom. The molecule has 2 nitrogen and oxygen atoms in total. The molecule has 0 aromatic carbocycles. The minimum Gasteiger partial charge on any atom is -0.633 e. The second-order valence-corrected chi connectivity index (χ2v) is 6.31. The molecular weight excluding hydrogens is 222 g/mol. The predicted molar refractivity (Wildman–Crippen MR) is 79.3 cm³/mol. The molecule has 0 spiro atoms. The van der Waals surface area contributed by atoms with Crippen LogP contribution in [0, 0.1) is 5.21 Å². The maximum absolute atomic E-state index is 12.5. The van der Waals surface area contributed by atoms with Crippen molar-refractivity contribution in [2.24, 2.45) is 0 Å². The molecule has 1 unspecified atom stereocenters. The highest BCUT2D eigenvalue weighted by atomic mass is 16.5. The third kappa shape index (κ3) is 6.19. The molecule has 0 radical (unpaired) electrons. The highest BCUT2D eigenvalue weighted by molar-refractivity contribution is 4.67. The van der Waals surface area contributed by atoms with Gasteiger partial charge in [-0.15, -0.1) is 0 Å². The highest BCUT2D eigenvalue weighted by Crippen LogP contribution is 2.26. The van der Waals surface area contributed by atoms with Crippen LogP contribution in [0.5, 0.6) is 0 Å². The minimum atomic E-state index is 0.0367. The highest BCUT2D eigenvalue weighted by Gasteiger charge is 2.25. The standard InChI is InChI=1S/C16H33NO/c1-3-4-5-6-7-8-12-15-17(2,18)16-13-10-9-11-14-16/h16H,3-15H2,1-2H3. The van der Waals surface area contributed by atoms with Gasteiger partial charge < -0.3 is 9.85 Å². The van der Waals surface area contributed by atoms with Gasteiger partial charge in [-0.1, -0.05) is 45.4 Å². The molecule has 0 aromatic heterocycles. The smallest absolute Gasteiger partial charge is 0.0885 e. The van der Waals surface area contributed by atoms with Crippen LogP contribution in [-0.2, 0) is 0 Å². The summed E-state index contributed by atoms with van der Waals surface area (Å²) in [6.45, 7) is 3.10. The molecule has 0 N–H and O–H groups in total. The van der Waals surface area contributed by atoms with E-state index in [1.807, 2.05) is 7.05 Å². The number of quaternary nitrogens is 1. The fourth-order valence-corrected chi connectivity index (χ4v) is 3.19. The first-order chi connectivity index (χ1) is 8.67. The third-order valence-corrected chi connectivity index (χ3v) is 4.55. The molecule has 1 rings (SSSR count). The van der Waals surface area contributed by atoms with E-state index in [0.717, 1.165) is 25.8 Å². The molecule has 1 saturated carbocycles. The van der Waals surface area contributed by atoms with Gasteiger partial charge in [-0.25, -0.2) is 0 Å². The lowest BCUT2D eigenvalue weighted by Gasteiger charge is -2.47. The molecule has 0 aromatic rings. The van der Waals surface area contributed by atoms with E-state index in [-0.39, 0.29) is 4.65 Å². The molecule has 1 aliphatic rings. The molecule has 0 amide bonds. The topological polar surface area (TPSA) is 23.1 Å². The zero-order valence-corrected chi connectivity index (χ0v) is 12.6. The summed E-state index contributed by atoms with van der Waals surface area (Å²) in [5.41, 5.74) is 0. The van der Waals surface area contributed by atoms with Crippen LogP contribution in [0.2, 0.25) is 0 Å². The van der Waals surface area contributed by atoms with E-state index in [0.29, 0.717) is 6.04 Å². The molecule has 0 bridgehead atoms. The van der Waals surface area contributed by atoms with E-state index in [9.17, 15) is 5.21 Å². The van der Waals surface area contributed by atoms with Crippen LogP contribution < -0.4 is 0 Å². The summed E-state index contributed by atoms with van der Waals surface area (Å²) in [7, 11) is 1.91. The fourth-order valence-electron chi connectivity index (χ4n) is 3.19. The maximum Gasteiger partial charge on any atom is 0.0885 e. The van der Waals surface area contributed by atoms with E-state index in [1.54, 1.807) is 0 Å². The van der Waals surface area contributed by atoms with E-state index in [2.05, 4.69) is 6.92 Å². The Labute approximate surface area is 114 Å². The van der Waals surface area contributed by atoms with Gasteiger partial charge >= 0.3 is 0 Å². The number of nitrogens with zero attached hydrogens (tertiary/aromatic N) is 1. The lowest BCUT2D eigenvalue weighted by Crippen LogP contribution is -2.48. The normalized spacial score (nSPS) is 20.8. The van der Waals surface area contributed by atoms with Crippen LogP contribution in [-0.4, -0.2) is 24.3 Å². The van der Waals surface area contributed by atoms with E-state index >= 15 is 0 Å². The lowest BCUT2D eigenvalue weighted by molar-refractivity contribution is -0.888. The van der Waals surface area contributed by atoms with Gasteiger partial charge in [0.25, 0.3) is 0 Å². The Bertz CT molecular complexity index is 197. The van der Waals surface area contributed by atoms with Gasteiger partial charge in [0.15, 0.2) is 0 Å². The Hall–Kier alpha value is -0.0800. The Balaban J connectivity index is 2.05. The van der Waals surface area contributed by atoms with Crippen molar-refractivity contribution >= 4 is 0 Å². The van der Waals surface area contributed by atoms with Gasteiger partial charge in [0, 0.05) is 0 Å². The van der Waals surface area contributed by atoms with E-state index in [4.69, 9.17) is 0 Å². The van der Waals surface area contributed by atoms with Crippen molar-refractivity contribution in [2.75, 3.05) is 13.6 Å². The molecule has 0 saturated heterocycles. The van der Waals surface area contributed by atoms with E-state index in [1.165, 1.54) is 57.8 Å².